The van der Waals surface area contributed by atoms with Gasteiger partial charge in [-0.15, -0.1) is 0 Å². The molecule has 1 aliphatic rings. The second-order valence-corrected chi connectivity index (χ2v) is 5.13. The van der Waals surface area contributed by atoms with Gasteiger partial charge in [-0.05, 0) is 34.1 Å². The minimum Gasteiger partial charge on any atom is -0.442 e. The molecular weight excluding hydrogens is 222 g/mol. The molecule has 1 amide bonds. The van der Waals surface area contributed by atoms with Gasteiger partial charge in [0.25, 0.3) is 0 Å². The standard InChI is InChI=1S/C11H21N3O3/c1-8(13-10(15)16-11(2,3)4)14-6-5-9(7-14)17-12/h9H,5-7,12H2,1-4H3/t9-/m0/s1. The Balaban J connectivity index is 2.52. The monoisotopic (exact) mass is 243 g/mol. The van der Waals surface area contributed by atoms with Crippen molar-refractivity contribution in [2.45, 2.75) is 45.8 Å². The zero-order valence-electron chi connectivity index (χ0n) is 10.9. The summed E-state index contributed by atoms with van der Waals surface area (Å²) in [7, 11) is 0. The number of amidine groups is 1. The van der Waals surface area contributed by atoms with Gasteiger partial charge in [-0.1, -0.05) is 0 Å². The molecule has 1 saturated heterocycles. The molecule has 0 aromatic carbocycles. The van der Waals surface area contributed by atoms with Crippen LogP contribution in [0.25, 0.3) is 0 Å². The molecule has 0 aliphatic carbocycles. The first kappa shape index (κ1) is 13.9. The lowest BCUT2D eigenvalue weighted by atomic mass is 10.2. The summed E-state index contributed by atoms with van der Waals surface area (Å²) in [6, 6.07) is 0. The van der Waals surface area contributed by atoms with Crippen LogP contribution in [0.2, 0.25) is 0 Å². The van der Waals surface area contributed by atoms with Crippen LogP contribution in [-0.2, 0) is 9.57 Å². The molecule has 2 N–H and O–H groups in total. The molecule has 0 aromatic rings. The maximum Gasteiger partial charge on any atom is 0.435 e. The Labute approximate surface area is 102 Å². The van der Waals surface area contributed by atoms with Crippen LogP contribution < -0.4 is 5.90 Å². The summed E-state index contributed by atoms with van der Waals surface area (Å²) in [5.41, 5.74) is -0.519. The van der Waals surface area contributed by atoms with Gasteiger partial charge in [0, 0.05) is 13.1 Å². The Kier molecular flexibility index (Phi) is 4.47. The van der Waals surface area contributed by atoms with E-state index in [4.69, 9.17) is 15.5 Å². The van der Waals surface area contributed by atoms with Crippen molar-refractivity contribution in [2.24, 2.45) is 10.9 Å². The fourth-order valence-corrected chi connectivity index (χ4v) is 1.62. The van der Waals surface area contributed by atoms with Gasteiger partial charge in [-0.2, -0.15) is 4.99 Å². The number of nitrogens with two attached hydrogens (primary N) is 1. The Morgan fingerprint density at radius 2 is 2.12 bits per heavy atom. The van der Waals surface area contributed by atoms with Crippen molar-refractivity contribution in [2.75, 3.05) is 13.1 Å². The van der Waals surface area contributed by atoms with Crippen LogP contribution in [0.5, 0.6) is 0 Å². The molecule has 98 valence electrons. The van der Waals surface area contributed by atoms with Crippen molar-refractivity contribution in [3.63, 3.8) is 0 Å². The maximum atomic E-state index is 11.5. The number of aliphatic imine (C=N–C) groups is 1. The van der Waals surface area contributed by atoms with E-state index in [2.05, 4.69) is 4.99 Å². The third kappa shape index (κ3) is 4.70. The van der Waals surface area contributed by atoms with Crippen LogP contribution in [0.4, 0.5) is 4.79 Å². The van der Waals surface area contributed by atoms with Crippen molar-refractivity contribution in [1.29, 1.82) is 0 Å². The molecule has 6 heteroatoms. The summed E-state index contributed by atoms with van der Waals surface area (Å²) < 4.78 is 5.11. The van der Waals surface area contributed by atoms with Crippen molar-refractivity contribution in [1.82, 2.24) is 4.90 Å². The molecule has 0 spiro atoms. The van der Waals surface area contributed by atoms with E-state index in [-0.39, 0.29) is 6.10 Å². The molecular formula is C11H21N3O3. The smallest absolute Gasteiger partial charge is 0.435 e. The van der Waals surface area contributed by atoms with Gasteiger partial charge < -0.3 is 9.64 Å². The molecule has 1 rings (SSSR count). The first-order valence-corrected chi connectivity index (χ1v) is 5.70. The molecule has 0 radical (unpaired) electrons. The third-order valence-corrected chi connectivity index (χ3v) is 2.44. The third-order valence-electron chi connectivity index (χ3n) is 2.44. The zero-order chi connectivity index (χ0) is 13.1. The normalized spacial score (nSPS) is 21.8. The van der Waals surface area contributed by atoms with E-state index < -0.39 is 11.7 Å². The quantitative estimate of drug-likeness (QED) is 0.427. The molecule has 1 heterocycles. The number of carbonyl (C=O) groups excluding carboxylic acids is 1. The van der Waals surface area contributed by atoms with Gasteiger partial charge in [0.15, 0.2) is 0 Å². The summed E-state index contributed by atoms with van der Waals surface area (Å²) in [4.78, 5) is 22.1. The summed E-state index contributed by atoms with van der Waals surface area (Å²) in [5.74, 6) is 5.76. The van der Waals surface area contributed by atoms with E-state index in [1.807, 2.05) is 25.7 Å². The lowest BCUT2D eigenvalue weighted by Crippen LogP contribution is -2.30. The van der Waals surface area contributed by atoms with E-state index >= 15 is 0 Å². The largest absolute Gasteiger partial charge is 0.442 e. The van der Waals surface area contributed by atoms with Gasteiger partial charge in [0.2, 0.25) is 0 Å². The first-order valence-electron chi connectivity index (χ1n) is 5.70. The Morgan fingerprint density at radius 3 is 2.59 bits per heavy atom. The first-order chi connectivity index (χ1) is 7.81. The average molecular weight is 243 g/mol. The topological polar surface area (TPSA) is 77.1 Å². The highest BCUT2D eigenvalue weighted by molar-refractivity contribution is 5.90. The van der Waals surface area contributed by atoms with Gasteiger partial charge in [0.1, 0.15) is 11.4 Å². The van der Waals surface area contributed by atoms with Gasteiger partial charge >= 0.3 is 6.09 Å². The second-order valence-electron chi connectivity index (χ2n) is 5.13. The van der Waals surface area contributed by atoms with E-state index in [1.165, 1.54) is 0 Å². The lowest BCUT2D eigenvalue weighted by molar-refractivity contribution is 0.0593. The van der Waals surface area contributed by atoms with Crippen molar-refractivity contribution in [3.8, 4) is 0 Å². The minimum atomic E-state index is -0.563. The number of hydrogen-bond donors (Lipinski definition) is 1. The molecule has 0 bridgehead atoms. The summed E-state index contributed by atoms with van der Waals surface area (Å²) in [6.07, 6.45) is 0.295. The van der Waals surface area contributed by atoms with Crippen molar-refractivity contribution < 1.29 is 14.4 Å². The van der Waals surface area contributed by atoms with Crippen molar-refractivity contribution in [3.05, 3.63) is 0 Å². The number of carbonyl (C=O) groups is 1. The van der Waals surface area contributed by atoms with E-state index in [9.17, 15) is 4.79 Å². The van der Waals surface area contributed by atoms with Gasteiger partial charge in [-0.25, -0.2) is 10.7 Å². The van der Waals surface area contributed by atoms with Gasteiger partial charge in [-0.3, -0.25) is 4.84 Å². The molecule has 1 aliphatic heterocycles. The molecule has 0 saturated carbocycles. The minimum absolute atomic E-state index is 0.0128. The fourth-order valence-electron chi connectivity index (χ4n) is 1.62. The summed E-state index contributed by atoms with van der Waals surface area (Å²) in [5, 5.41) is 0. The van der Waals surface area contributed by atoms with Crippen LogP contribution in [0, 0.1) is 0 Å². The van der Waals surface area contributed by atoms with Crippen LogP contribution in [0.1, 0.15) is 34.1 Å². The number of nitrogens with zero attached hydrogens (tertiary/aromatic N) is 2. The van der Waals surface area contributed by atoms with Crippen LogP contribution in [0.3, 0.4) is 0 Å². The number of hydrogen-bond acceptors (Lipinski definition) is 4. The van der Waals surface area contributed by atoms with Crippen LogP contribution in [-0.4, -0.2) is 41.6 Å². The molecule has 0 unspecified atom stereocenters. The summed E-state index contributed by atoms with van der Waals surface area (Å²) in [6.45, 7) is 8.66. The molecule has 17 heavy (non-hydrogen) atoms. The Morgan fingerprint density at radius 1 is 1.47 bits per heavy atom. The number of ether oxygens (including phenoxy) is 1. The molecule has 0 aromatic heterocycles. The Bertz CT molecular complexity index is 310. The van der Waals surface area contributed by atoms with Crippen LogP contribution in [0.15, 0.2) is 4.99 Å². The Hall–Kier alpha value is -1.14. The van der Waals surface area contributed by atoms with Gasteiger partial charge in [0.05, 0.1) is 6.10 Å². The van der Waals surface area contributed by atoms with Crippen molar-refractivity contribution >= 4 is 11.9 Å². The van der Waals surface area contributed by atoms with E-state index in [1.54, 1.807) is 6.92 Å². The number of amides is 1. The predicted octanol–water partition coefficient (Wildman–Crippen LogP) is 1.30. The highest BCUT2D eigenvalue weighted by atomic mass is 16.6. The SMILES string of the molecule is CC(=NC(=O)OC(C)(C)C)N1CC[C@H](ON)C1. The highest BCUT2D eigenvalue weighted by Crippen LogP contribution is 2.13. The lowest BCUT2D eigenvalue weighted by Gasteiger charge is -2.20. The molecule has 1 fully saturated rings. The molecule has 1 atom stereocenters. The number of likely N-dealkylation sites (tertiary alicyclic amines) is 1. The maximum absolute atomic E-state index is 11.5. The molecule has 6 nitrogen and oxygen atoms in total. The predicted molar refractivity (Wildman–Crippen MR) is 64.6 cm³/mol. The second kappa shape index (κ2) is 5.46. The fraction of sp³-hybridized carbons (Fsp3) is 0.818. The summed E-state index contributed by atoms with van der Waals surface area (Å²) >= 11 is 0. The number of rotatable bonds is 1. The van der Waals surface area contributed by atoms with Crippen LogP contribution >= 0.6 is 0 Å². The zero-order valence-corrected chi connectivity index (χ0v) is 10.9. The highest BCUT2D eigenvalue weighted by Gasteiger charge is 2.24. The average Bonchev–Trinajstić information content (AvgIpc) is 2.62. The van der Waals surface area contributed by atoms with E-state index in [0.29, 0.717) is 12.4 Å². The van der Waals surface area contributed by atoms with E-state index in [0.717, 1.165) is 13.0 Å².